The van der Waals surface area contributed by atoms with Gasteiger partial charge in [0.25, 0.3) is 0 Å². The maximum absolute atomic E-state index is 6.42. The average Bonchev–Trinajstić information content (AvgIpc) is 2.99. The summed E-state index contributed by atoms with van der Waals surface area (Å²) >= 11 is 12.6. The molecule has 1 aromatic carbocycles. The molecule has 23 heavy (non-hydrogen) atoms. The molecule has 116 valence electrons. The van der Waals surface area contributed by atoms with Crippen molar-refractivity contribution in [1.82, 2.24) is 9.97 Å². The molecule has 0 atom stereocenters. The fourth-order valence-electron chi connectivity index (χ4n) is 2.56. The van der Waals surface area contributed by atoms with E-state index in [9.17, 15) is 0 Å². The van der Waals surface area contributed by atoms with Crippen LogP contribution in [0.2, 0.25) is 10.0 Å². The molecule has 1 aliphatic heterocycles. The molecule has 0 amide bonds. The van der Waals surface area contributed by atoms with Gasteiger partial charge >= 0.3 is 0 Å². The molecule has 2 aromatic rings. The molecule has 0 radical (unpaired) electrons. The molecule has 0 bridgehead atoms. The first-order valence-corrected chi connectivity index (χ1v) is 7.59. The number of terminal acetylenes is 1. The highest BCUT2D eigenvalue weighted by molar-refractivity contribution is 6.37. The number of aromatic nitrogens is 2. The van der Waals surface area contributed by atoms with Crippen LogP contribution in [0.25, 0.3) is 11.3 Å². The van der Waals surface area contributed by atoms with Gasteiger partial charge in [0, 0.05) is 23.8 Å². The van der Waals surface area contributed by atoms with Crippen molar-refractivity contribution >= 4 is 41.1 Å². The number of hydrogen-bond donors (Lipinski definition) is 1. The standard InChI is InChI=1S/C16H12Cl2N4O/c1-3-11-13(20-4-2)14(22-16(19)21-11)12-8-5-6-23-15(8)10(18)7-9(12)17/h1,4,7H,5-6H2,2H3,(H2,19,21,22). The smallest absolute Gasteiger partial charge is 0.221 e. The SMILES string of the molecule is C#Cc1nc(N)nc(-c2c(Cl)cc(Cl)c3c2CCO3)c1N=CC. The largest absolute Gasteiger partial charge is 0.491 e. The lowest BCUT2D eigenvalue weighted by Gasteiger charge is -2.13. The minimum Gasteiger partial charge on any atom is -0.491 e. The third-order valence-corrected chi connectivity index (χ3v) is 4.00. The highest BCUT2D eigenvalue weighted by atomic mass is 35.5. The molecule has 0 saturated heterocycles. The lowest BCUT2D eigenvalue weighted by Crippen LogP contribution is -2.02. The van der Waals surface area contributed by atoms with E-state index in [0.717, 1.165) is 5.56 Å². The van der Waals surface area contributed by atoms with Crippen molar-refractivity contribution in [2.45, 2.75) is 13.3 Å². The molecular formula is C16H12Cl2N4O. The van der Waals surface area contributed by atoms with E-state index < -0.39 is 0 Å². The summed E-state index contributed by atoms with van der Waals surface area (Å²) in [6.07, 6.45) is 7.80. The van der Waals surface area contributed by atoms with Crippen molar-refractivity contribution < 1.29 is 4.74 Å². The minimum absolute atomic E-state index is 0.0571. The Morgan fingerprint density at radius 3 is 2.87 bits per heavy atom. The normalized spacial score (nSPS) is 13.0. The van der Waals surface area contributed by atoms with Gasteiger partial charge in [0.1, 0.15) is 22.8 Å². The zero-order chi connectivity index (χ0) is 16.6. The topological polar surface area (TPSA) is 73.4 Å². The number of ether oxygens (including phenoxy) is 1. The molecule has 7 heteroatoms. The zero-order valence-electron chi connectivity index (χ0n) is 12.2. The number of hydrogen-bond acceptors (Lipinski definition) is 5. The lowest BCUT2D eigenvalue weighted by atomic mass is 10.00. The van der Waals surface area contributed by atoms with E-state index in [0.29, 0.717) is 51.5 Å². The third kappa shape index (κ3) is 2.61. The minimum atomic E-state index is 0.0571. The second-order valence-electron chi connectivity index (χ2n) is 4.78. The number of aliphatic imine (C=N–C) groups is 1. The monoisotopic (exact) mass is 346 g/mol. The van der Waals surface area contributed by atoms with Crippen molar-refractivity contribution in [3.8, 4) is 29.4 Å². The predicted octanol–water partition coefficient (Wildman–Crippen LogP) is 3.67. The van der Waals surface area contributed by atoms with Gasteiger partial charge in [-0.25, -0.2) is 9.97 Å². The summed E-state index contributed by atoms with van der Waals surface area (Å²) in [5, 5.41) is 0.902. The first-order chi connectivity index (χ1) is 11.1. The Balaban J connectivity index is 2.39. The molecule has 0 saturated carbocycles. The summed E-state index contributed by atoms with van der Waals surface area (Å²) in [4.78, 5) is 12.7. The number of nitrogen functional groups attached to an aromatic ring is 1. The molecule has 1 aromatic heterocycles. The van der Waals surface area contributed by atoms with E-state index in [-0.39, 0.29) is 5.95 Å². The molecular weight excluding hydrogens is 335 g/mol. The van der Waals surface area contributed by atoms with Crippen molar-refractivity contribution in [1.29, 1.82) is 0 Å². The van der Waals surface area contributed by atoms with Crippen LogP contribution in [0.3, 0.4) is 0 Å². The Hall–Kier alpha value is -2.29. The van der Waals surface area contributed by atoms with Crippen LogP contribution >= 0.6 is 23.2 Å². The van der Waals surface area contributed by atoms with Gasteiger partial charge in [0.15, 0.2) is 0 Å². The van der Waals surface area contributed by atoms with Gasteiger partial charge < -0.3 is 10.5 Å². The van der Waals surface area contributed by atoms with Gasteiger partial charge in [-0.05, 0) is 18.9 Å². The zero-order valence-corrected chi connectivity index (χ0v) is 13.7. The van der Waals surface area contributed by atoms with Crippen LogP contribution in [-0.4, -0.2) is 22.8 Å². The molecule has 2 heterocycles. The summed E-state index contributed by atoms with van der Waals surface area (Å²) in [6.45, 7) is 2.30. The quantitative estimate of drug-likeness (QED) is 0.664. The third-order valence-electron chi connectivity index (χ3n) is 3.42. The Labute approximate surface area is 143 Å². The summed E-state index contributed by atoms with van der Waals surface area (Å²) in [5.74, 6) is 3.15. The van der Waals surface area contributed by atoms with E-state index in [1.807, 2.05) is 0 Å². The molecule has 0 fully saturated rings. The van der Waals surface area contributed by atoms with E-state index in [2.05, 4.69) is 20.9 Å². The van der Waals surface area contributed by atoms with Crippen molar-refractivity contribution in [2.24, 2.45) is 4.99 Å². The van der Waals surface area contributed by atoms with Crippen LogP contribution in [0.4, 0.5) is 11.6 Å². The van der Waals surface area contributed by atoms with Crippen LogP contribution in [-0.2, 0) is 6.42 Å². The number of anilines is 1. The number of halogens is 2. The predicted molar refractivity (Wildman–Crippen MR) is 92.9 cm³/mol. The number of benzene rings is 1. The van der Waals surface area contributed by atoms with Gasteiger partial charge in [-0.15, -0.1) is 6.42 Å². The van der Waals surface area contributed by atoms with Gasteiger partial charge in [-0.3, -0.25) is 4.99 Å². The van der Waals surface area contributed by atoms with E-state index in [4.69, 9.17) is 40.1 Å². The van der Waals surface area contributed by atoms with Crippen molar-refractivity contribution in [3.63, 3.8) is 0 Å². The van der Waals surface area contributed by atoms with E-state index in [1.54, 1.807) is 19.2 Å². The highest BCUT2D eigenvalue weighted by Crippen LogP contribution is 2.46. The maximum atomic E-state index is 6.42. The average molecular weight is 347 g/mol. The van der Waals surface area contributed by atoms with Crippen molar-refractivity contribution in [2.75, 3.05) is 12.3 Å². The molecule has 0 aliphatic carbocycles. The Morgan fingerprint density at radius 2 is 2.17 bits per heavy atom. The Kier molecular flexibility index (Phi) is 4.12. The van der Waals surface area contributed by atoms with Crippen LogP contribution in [0.5, 0.6) is 5.75 Å². The molecule has 5 nitrogen and oxygen atoms in total. The van der Waals surface area contributed by atoms with Crippen molar-refractivity contribution in [3.05, 3.63) is 27.4 Å². The van der Waals surface area contributed by atoms with Crippen LogP contribution in [0, 0.1) is 12.3 Å². The number of rotatable bonds is 2. The summed E-state index contributed by atoms with van der Waals surface area (Å²) in [7, 11) is 0. The molecule has 0 unspecified atom stereocenters. The van der Waals surface area contributed by atoms with E-state index >= 15 is 0 Å². The van der Waals surface area contributed by atoms with Gasteiger partial charge in [0.05, 0.1) is 16.7 Å². The fraction of sp³-hybridized carbons (Fsp3) is 0.188. The molecule has 0 spiro atoms. The van der Waals surface area contributed by atoms with E-state index in [1.165, 1.54) is 0 Å². The van der Waals surface area contributed by atoms with Gasteiger partial charge in [-0.1, -0.05) is 23.2 Å². The molecule has 3 rings (SSSR count). The second kappa shape index (κ2) is 6.07. The maximum Gasteiger partial charge on any atom is 0.221 e. The van der Waals surface area contributed by atoms with Gasteiger partial charge in [-0.2, -0.15) is 0 Å². The number of nitrogens with zero attached hydrogens (tertiary/aromatic N) is 3. The van der Waals surface area contributed by atoms with Crippen LogP contribution in [0.1, 0.15) is 18.2 Å². The summed E-state index contributed by atoms with van der Waals surface area (Å²) in [5.41, 5.74) is 8.57. The van der Waals surface area contributed by atoms with Gasteiger partial charge in [0.2, 0.25) is 5.95 Å². The Bertz CT molecular complexity index is 872. The number of fused-ring (bicyclic) bond motifs is 1. The second-order valence-corrected chi connectivity index (χ2v) is 5.60. The van der Waals surface area contributed by atoms with Crippen LogP contribution in [0.15, 0.2) is 11.1 Å². The highest BCUT2D eigenvalue weighted by Gasteiger charge is 2.26. The molecule has 1 aliphatic rings. The lowest BCUT2D eigenvalue weighted by molar-refractivity contribution is 0.357. The first kappa shape index (κ1) is 15.6. The summed E-state index contributed by atoms with van der Waals surface area (Å²) in [6, 6.07) is 1.62. The molecule has 2 N–H and O–H groups in total. The number of nitrogens with two attached hydrogens (primary N) is 1. The fourth-order valence-corrected chi connectivity index (χ4v) is 3.20. The summed E-state index contributed by atoms with van der Waals surface area (Å²) < 4.78 is 5.59. The Morgan fingerprint density at radius 1 is 1.39 bits per heavy atom. The van der Waals surface area contributed by atoms with Crippen LogP contribution < -0.4 is 10.5 Å². The first-order valence-electron chi connectivity index (χ1n) is 6.83.